The molecule has 2 atom stereocenters. The van der Waals surface area contributed by atoms with Crippen molar-refractivity contribution < 1.29 is 14.0 Å². The summed E-state index contributed by atoms with van der Waals surface area (Å²) in [5.74, 6) is 0.0740. The normalized spacial score (nSPS) is 25.8. The number of nitrogens with one attached hydrogen (secondary N) is 2. The maximum absolute atomic E-state index is 12.5. The van der Waals surface area contributed by atoms with E-state index in [2.05, 4.69) is 10.6 Å². The van der Waals surface area contributed by atoms with Gasteiger partial charge in [0.2, 0.25) is 5.91 Å². The number of carbonyl (C=O) groups is 2. The van der Waals surface area contributed by atoms with Crippen LogP contribution in [0.4, 0.5) is 0 Å². The first-order chi connectivity index (χ1) is 10.3. The highest BCUT2D eigenvalue weighted by Gasteiger charge is 2.34. The lowest BCUT2D eigenvalue weighted by atomic mass is 10.0. The molecule has 2 saturated heterocycles. The zero-order valence-corrected chi connectivity index (χ0v) is 12.0. The topological polar surface area (TPSA) is 74.6 Å². The molecule has 2 amide bonds. The standard InChI is InChI=1S/C15H21N3O3/c19-14(17-11-6-7-16-10-11)12-4-1-2-8-18(12)15(20)13-5-3-9-21-13/h3,5,9,11-12,16H,1-2,4,6-8,10H2,(H,17,19). The monoisotopic (exact) mass is 291 g/mol. The molecule has 1 aromatic heterocycles. The largest absolute Gasteiger partial charge is 0.459 e. The van der Waals surface area contributed by atoms with Crippen LogP contribution < -0.4 is 10.6 Å². The van der Waals surface area contributed by atoms with Crippen LogP contribution in [-0.2, 0) is 4.79 Å². The Bertz CT molecular complexity index is 494. The Morgan fingerprint density at radius 2 is 2.24 bits per heavy atom. The molecule has 6 nitrogen and oxygen atoms in total. The first-order valence-corrected chi connectivity index (χ1v) is 7.61. The minimum absolute atomic E-state index is 0.0386. The molecule has 2 aliphatic heterocycles. The number of hydrogen-bond donors (Lipinski definition) is 2. The fraction of sp³-hybridized carbons (Fsp3) is 0.600. The average molecular weight is 291 g/mol. The Morgan fingerprint density at radius 3 is 2.95 bits per heavy atom. The lowest BCUT2D eigenvalue weighted by molar-refractivity contribution is -0.127. The van der Waals surface area contributed by atoms with Gasteiger partial charge in [-0.3, -0.25) is 9.59 Å². The Labute approximate surface area is 123 Å². The Morgan fingerprint density at radius 1 is 1.33 bits per heavy atom. The maximum atomic E-state index is 12.5. The highest BCUT2D eigenvalue weighted by molar-refractivity contribution is 5.95. The van der Waals surface area contributed by atoms with Crippen LogP contribution in [0.5, 0.6) is 0 Å². The van der Waals surface area contributed by atoms with Gasteiger partial charge in [-0.15, -0.1) is 0 Å². The van der Waals surface area contributed by atoms with Gasteiger partial charge in [0.15, 0.2) is 5.76 Å². The van der Waals surface area contributed by atoms with E-state index in [4.69, 9.17) is 4.42 Å². The molecule has 2 aliphatic rings. The van der Waals surface area contributed by atoms with Gasteiger partial charge in [0.1, 0.15) is 6.04 Å². The zero-order valence-electron chi connectivity index (χ0n) is 12.0. The van der Waals surface area contributed by atoms with Crippen LogP contribution in [0.1, 0.15) is 36.2 Å². The molecule has 0 radical (unpaired) electrons. The van der Waals surface area contributed by atoms with Crippen molar-refractivity contribution in [1.29, 1.82) is 0 Å². The smallest absolute Gasteiger partial charge is 0.290 e. The van der Waals surface area contributed by atoms with Crippen molar-refractivity contribution in [3.8, 4) is 0 Å². The van der Waals surface area contributed by atoms with E-state index in [0.29, 0.717) is 12.3 Å². The predicted octanol–water partition coefficient (Wildman–Crippen LogP) is 0.752. The fourth-order valence-electron chi connectivity index (χ4n) is 3.06. The van der Waals surface area contributed by atoms with Crippen LogP contribution in [0.3, 0.4) is 0 Å². The van der Waals surface area contributed by atoms with Crippen molar-refractivity contribution in [3.05, 3.63) is 24.2 Å². The molecule has 6 heteroatoms. The van der Waals surface area contributed by atoms with Gasteiger partial charge in [-0.05, 0) is 44.4 Å². The van der Waals surface area contributed by atoms with Crippen LogP contribution in [0, 0.1) is 0 Å². The van der Waals surface area contributed by atoms with E-state index in [0.717, 1.165) is 38.8 Å². The molecule has 0 aliphatic carbocycles. The van der Waals surface area contributed by atoms with Gasteiger partial charge in [0.25, 0.3) is 5.91 Å². The highest BCUT2D eigenvalue weighted by Crippen LogP contribution is 2.20. The van der Waals surface area contributed by atoms with E-state index in [1.165, 1.54) is 6.26 Å². The van der Waals surface area contributed by atoms with Gasteiger partial charge < -0.3 is 20.0 Å². The Kier molecular flexibility index (Phi) is 4.24. The number of rotatable bonds is 3. The quantitative estimate of drug-likeness (QED) is 0.862. The summed E-state index contributed by atoms with van der Waals surface area (Å²) in [5, 5.41) is 6.28. The first-order valence-electron chi connectivity index (χ1n) is 7.61. The zero-order chi connectivity index (χ0) is 14.7. The van der Waals surface area contributed by atoms with Gasteiger partial charge >= 0.3 is 0 Å². The van der Waals surface area contributed by atoms with Crippen molar-refractivity contribution in [2.75, 3.05) is 19.6 Å². The lowest BCUT2D eigenvalue weighted by Crippen LogP contribution is -2.54. The minimum Gasteiger partial charge on any atom is -0.459 e. The van der Waals surface area contributed by atoms with Gasteiger partial charge in [-0.2, -0.15) is 0 Å². The Hall–Kier alpha value is -1.82. The molecule has 0 saturated carbocycles. The van der Waals surface area contributed by atoms with E-state index in [1.807, 2.05) is 0 Å². The average Bonchev–Trinajstić information content (AvgIpc) is 3.19. The van der Waals surface area contributed by atoms with Crippen LogP contribution in [0.2, 0.25) is 0 Å². The summed E-state index contributed by atoms with van der Waals surface area (Å²) >= 11 is 0. The molecule has 21 heavy (non-hydrogen) atoms. The Balaban J connectivity index is 1.68. The second-order valence-corrected chi connectivity index (χ2v) is 5.69. The molecule has 1 aromatic rings. The molecule has 114 valence electrons. The molecule has 3 heterocycles. The van der Waals surface area contributed by atoms with Gasteiger partial charge in [0.05, 0.1) is 6.26 Å². The molecule has 0 aromatic carbocycles. The highest BCUT2D eigenvalue weighted by atomic mass is 16.3. The summed E-state index contributed by atoms with van der Waals surface area (Å²) in [4.78, 5) is 26.6. The number of nitrogens with zero attached hydrogens (tertiary/aromatic N) is 1. The van der Waals surface area contributed by atoms with Crippen LogP contribution >= 0.6 is 0 Å². The maximum Gasteiger partial charge on any atom is 0.290 e. The number of hydrogen-bond acceptors (Lipinski definition) is 4. The van der Waals surface area contributed by atoms with E-state index < -0.39 is 0 Å². The molecule has 2 unspecified atom stereocenters. The molecule has 0 bridgehead atoms. The van der Waals surface area contributed by atoms with Crippen molar-refractivity contribution in [2.24, 2.45) is 0 Å². The fourth-order valence-corrected chi connectivity index (χ4v) is 3.06. The number of likely N-dealkylation sites (tertiary alicyclic amines) is 1. The summed E-state index contributed by atoms with van der Waals surface area (Å²) < 4.78 is 5.18. The van der Waals surface area contributed by atoms with Crippen LogP contribution in [0.25, 0.3) is 0 Å². The molecule has 2 N–H and O–H groups in total. The van der Waals surface area contributed by atoms with Crippen molar-refractivity contribution in [3.63, 3.8) is 0 Å². The number of carbonyl (C=O) groups excluding carboxylic acids is 2. The molecular formula is C15H21N3O3. The van der Waals surface area contributed by atoms with Gasteiger partial charge in [-0.25, -0.2) is 0 Å². The van der Waals surface area contributed by atoms with Crippen molar-refractivity contribution in [2.45, 2.75) is 37.8 Å². The first kappa shape index (κ1) is 14.1. The predicted molar refractivity (Wildman–Crippen MR) is 76.8 cm³/mol. The summed E-state index contributed by atoms with van der Waals surface area (Å²) in [6.45, 7) is 2.36. The summed E-state index contributed by atoms with van der Waals surface area (Å²) in [6.07, 6.45) is 5.06. The molecule has 3 rings (SSSR count). The van der Waals surface area contributed by atoms with Gasteiger partial charge in [-0.1, -0.05) is 0 Å². The van der Waals surface area contributed by atoms with Crippen LogP contribution in [0.15, 0.2) is 22.8 Å². The third-order valence-electron chi connectivity index (χ3n) is 4.20. The number of furan rings is 1. The third-order valence-corrected chi connectivity index (χ3v) is 4.20. The van der Waals surface area contributed by atoms with Gasteiger partial charge in [0, 0.05) is 19.1 Å². The van der Waals surface area contributed by atoms with Crippen molar-refractivity contribution >= 4 is 11.8 Å². The van der Waals surface area contributed by atoms with E-state index in [9.17, 15) is 9.59 Å². The second kappa shape index (κ2) is 6.30. The second-order valence-electron chi connectivity index (χ2n) is 5.69. The summed E-state index contributed by atoms with van der Waals surface area (Å²) in [5.41, 5.74) is 0. The molecule has 2 fully saturated rings. The van der Waals surface area contributed by atoms with Crippen molar-refractivity contribution in [1.82, 2.24) is 15.5 Å². The minimum atomic E-state index is -0.378. The van der Waals surface area contributed by atoms with E-state index in [1.54, 1.807) is 17.0 Å². The molecular weight excluding hydrogens is 270 g/mol. The summed E-state index contributed by atoms with van der Waals surface area (Å²) in [6, 6.07) is 3.14. The van der Waals surface area contributed by atoms with Crippen LogP contribution in [-0.4, -0.2) is 48.4 Å². The van der Waals surface area contributed by atoms with E-state index >= 15 is 0 Å². The lowest BCUT2D eigenvalue weighted by Gasteiger charge is -2.34. The summed E-state index contributed by atoms with van der Waals surface area (Å²) in [7, 11) is 0. The third kappa shape index (κ3) is 3.10. The molecule has 0 spiro atoms. The number of amides is 2. The SMILES string of the molecule is O=C(NC1CCNC1)C1CCCCN1C(=O)c1ccco1. The van der Waals surface area contributed by atoms with E-state index in [-0.39, 0.29) is 23.9 Å². The number of piperidine rings is 1.